The zero-order valence-electron chi connectivity index (χ0n) is 17.6. The highest BCUT2D eigenvalue weighted by Gasteiger charge is 2.17. The van der Waals surface area contributed by atoms with E-state index < -0.39 is 10.0 Å². The predicted octanol–water partition coefficient (Wildman–Crippen LogP) is 2.79. The Balaban J connectivity index is 1.64. The summed E-state index contributed by atoms with van der Waals surface area (Å²) in [5, 5.41) is 5.31. The van der Waals surface area contributed by atoms with Crippen LogP contribution >= 0.6 is 0 Å². The maximum atomic E-state index is 12.7. The molecule has 3 rings (SSSR count). The largest absolute Gasteiger partial charge is 0.495 e. The van der Waals surface area contributed by atoms with Crippen molar-refractivity contribution in [1.82, 2.24) is 10.6 Å². The standard InChI is InChI=1S/C23H23N3O5S/c1-24-22(27)17-9-7-16(8-10-17)15-25-23(28)18-11-13-19(14-12-18)32(29,30)26-20-5-3-4-6-21(20)31-2/h3-14,26H,15H2,1-2H3,(H,24,27)(H,25,28). The molecule has 9 heteroatoms. The number of benzene rings is 3. The summed E-state index contributed by atoms with van der Waals surface area (Å²) in [7, 11) is -0.839. The quantitative estimate of drug-likeness (QED) is 0.485. The molecule has 0 aliphatic carbocycles. The summed E-state index contributed by atoms with van der Waals surface area (Å²) in [5.41, 5.74) is 2.00. The molecule has 3 aromatic carbocycles. The van der Waals surface area contributed by atoms with E-state index in [0.29, 0.717) is 22.6 Å². The van der Waals surface area contributed by atoms with E-state index in [-0.39, 0.29) is 23.3 Å². The molecule has 2 amide bonds. The van der Waals surface area contributed by atoms with Crippen molar-refractivity contribution in [2.75, 3.05) is 18.9 Å². The highest BCUT2D eigenvalue weighted by molar-refractivity contribution is 7.92. The first-order chi connectivity index (χ1) is 15.3. The number of anilines is 1. The Morgan fingerprint density at radius 1 is 0.844 bits per heavy atom. The number of hydrogen-bond donors (Lipinski definition) is 3. The molecular weight excluding hydrogens is 430 g/mol. The van der Waals surface area contributed by atoms with Crippen LogP contribution in [0, 0.1) is 0 Å². The third-order valence-electron chi connectivity index (χ3n) is 4.67. The average Bonchev–Trinajstić information content (AvgIpc) is 2.82. The summed E-state index contributed by atoms with van der Waals surface area (Å²) in [6.45, 7) is 0.266. The van der Waals surface area contributed by atoms with Gasteiger partial charge in [0.05, 0.1) is 17.7 Å². The number of carbonyl (C=O) groups excluding carboxylic acids is 2. The van der Waals surface area contributed by atoms with Gasteiger partial charge in [0, 0.05) is 24.7 Å². The van der Waals surface area contributed by atoms with Crippen LogP contribution in [0.15, 0.2) is 77.7 Å². The van der Waals surface area contributed by atoms with Gasteiger partial charge in [0.2, 0.25) is 0 Å². The molecule has 3 aromatic rings. The zero-order valence-corrected chi connectivity index (χ0v) is 18.4. The van der Waals surface area contributed by atoms with Crippen molar-refractivity contribution >= 4 is 27.5 Å². The van der Waals surface area contributed by atoms with Crippen LogP contribution in [0.25, 0.3) is 0 Å². The topological polar surface area (TPSA) is 114 Å². The first-order valence-electron chi connectivity index (χ1n) is 9.69. The minimum Gasteiger partial charge on any atom is -0.495 e. The summed E-state index contributed by atoms with van der Waals surface area (Å²) < 4.78 is 33.0. The number of ether oxygens (including phenoxy) is 1. The molecule has 0 saturated heterocycles. The third kappa shape index (κ3) is 5.44. The van der Waals surface area contributed by atoms with Crippen molar-refractivity contribution in [3.63, 3.8) is 0 Å². The molecular formula is C23H23N3O5S. The number of para-hydroxylation sites is 2. The highest BCUT2D eigenvalue weighted by Crippen LogP contribution is 2.26. The van der Waals surface area contributed by atoms with Gasteiger partial charge in [-0.3, -0.25) is 14.3 Å². The Morgan fingerprint density at radius 3 is 2.06 bits per heavy atom. The molecule has 0 spiro atoms. The first-order valence-corrected chi connectivity index (χ1v) is 11.2. The molecule has 0 aromatic heterocycles. The van der Waals surface area contributed by atoms with E-state index in [4.69, 9.17) is 4.74 Å². The zero-order chi connectivity index (χ0) is 23.1. The number of sulfonamides is 1. The fraction of sp³-hybridized carbons (Fsp3) is 0.130. The molecule has 0 unspecified atom stereocenters. The molecule has 0 aliphatic heterocycles. The van der Waals surface area contributed by atoms with Crippen LogP contribution in [0.1, 0.15) is 26.3 Å². The van der Waals surface area contributed by atoms with Gasteiger partial charge in [-0.1, -0.05) is 24.3 Å². The van der Waals surface area contributed by atoms with Gasteiger partial charge in [-0.25, -0.2) is 8.42 Å². The highest BCUT2D eigenvalue weighted by atomic mass is 32.2. The molecule has 8 nitrogen and oxygen atoms in total. The fourth-order valence-corrected chi connectivity index (χ4v) is 3.99. The number of amides is 2. The Kier molecular flexibility index (Phi) is 7.11. The molecule has 32 heavy (non-hydrogen) atoms. The second-order valence-electron chi connectivity index (χ2n) is 6.79. The van der Waals surface area contributed by atoms with E-state index >= 15 is 0 Å². The summed E-state index contributed by atoms with van der Waals surface area (Å²) in [6.07, 6.45) is 0. The van der Waals surface area contributed by atoms with Gasteiger partial charge in [0.15, 0.2) is 0 Å². The third-order valence-corrected chi connectivity index (χ3v) is 6.06. The van der Waals surface area contributed by atoms with Gasteiger partial charge >= 0.3 is 0 Å². The molecule has 3 N–H and O–H groups in total. The maximum Gasteiger partial charge on any atom is 0.262 e. The van der Waals surface area contributed by atoms with E-state index in [1.54, 1.807) is 55.6 Å². The van der Waals surface area contributed by atoms with Crippen molar-refractivity contribution in [2.45, 2.75) is 11.4 Å². The van der Waals surface area contributed by atoms with Gasteiger partial charge < -0.3 is 15.4 Å². The Morgan fingerprint density at radius 2 is 1.44 bits per heavy atom. The molecule has 166 valence electrons. The number of nitrogens with one attached hydrogen (secondary N) is 3. The predicted molar refractivity (Wildman–Crippen MR) is 121 cm³/mol. The fourth-order valence-electron chi connectivity index (χ4n) is 2.92. The van der Waals surface area contributed by atoms with E-state index in [1.807, 2.05) is 0 Å². The van der Waals surface area contributed by atoms with E-state index in [1.165, 1.54) is 31.4 Å². The summed E-state index contributed by atoms with van der Waals surface area (Å²) in [5.74, 6) is -0.131. The summed E-state index contributed by atoms with van der Waals surface area (Å²) >= 11 is 0. The Bertz CT molecular complexity index is 1210. The van der Waals surface area contributed by atoms with Crippen LogP contribution in [0.3, 0.4) is 0 Å². The summed E-state index contributed by atoms with van der Waals surface area (Å²) in [4.78, 5) is 24.0. The van der Waals surface area contributed by atoms with E-state index in [0.717, 1.165) is 5.56 Å². The number of hydrogen-bond acceptors (Lipinski definition) is 5. The Hall–Kier alpha value is -3.85. The number of methoxy groups -OCH3 is 1. The maximum absolute atomic E-state index is 12.7. The van der Waals surface area contributed by atoms with Gasteiger partial charge in [-0.15, -0.1) is 0 Å². The van der Waals surface area contributed by atoms with E-state index in [2.05, 4.69) is 15.4 Å². The SMILES string of the molecule is CNC(=O)c1ccc(CNC(=O)c2ccc(S(=O)(=O)Nc3ccccc3OC)cc2)cc1. The second-order valence-corrected chi connectivity index (χ2v) is 8.47. The van der Waals surface area contributed by atoms with Crippen LogP contribution < -0.4 is 20.1 Å². The lowest BCUT2D eigenvalue weighted by Crippen LogP contribution is -2.23. The number of carbonyl (C=O) groups is 2. The van der Waals surface area contributed by atoms with Gasteiger partial charge in [-0.05, 0) is 54.1 Å². The minimum atomic E-state index is -3.85. The van der Waals surface area contributed by atoms with E-state index in [9.17, 15) is 18.0 Å². The lowest BCUT2D eigenvalue weighted by Gasteiger charge is -2.12. The van der Waals surface area contributed by atoms with Crippen molar-refractivity contribution in [3.8, 4) is 5.75 Å². The van der Waals surface area contributed by atoms with Crippen LogP contribution in [0.5, 0.6) is 5.75 Å². The van der Waals surface area contributed by atoms with Gasteiger partial charge in [0.1, 0.15) is 5.75 Å². The molecule has 0 bridgehead atoms. The molecule has 0 fully saturated rings. The van der Waals surface area contributed by atoms with Crippen molar-refractivity contribution in [3.05, 3.63) is 89.5 Å². The molecule has 0 saturated carbocycles. The lowest BCUT2D eigenvalue weighted by molar-refractivity contribution is 0.0946. The molecule has 0 heterocycles. The van der Waals surface area contributed by atoms with Crippen LogP contribution in [-0.4, -0.2) is 34.4 Å². The minimum absolute atomic E-state index is 0.0183. The smallest absolute Gasteiger partial charge is 0.262 e. The van der Waals surface area contributed by atoms with Crippen LogP contribution in [0.4, 0.5) is 5.69 Å². The van der Waals surface area contributed by atoms with Crippen molar-refractivity contribution < 1.29 is 22.7 Å². The van der Waals surface area contributed by atoms with Crippen LogP contribution in [-0.2, 0) is 16.6 Å². The van der Waals surface area contributed by atoms with Crippen molar-refractivity contribution in [2.24, 2.45) is 0 Å². The van der Waals surface area contributed by atoms with Crippen LogP contribution in [0.2, 0.25) is 0 Å². The molecule has 0 atom stereocenters. The average molecular weight is 454 g/mol. The second kappa shape index (κ2) is 9.97. The molecule has 0 aliphatic rings. The lowest BCUT2D eigenvalue weighted by atomic mass is 10.1. The Labute approximate surface area is 186 Å². The first kappa shape index (κ1) is 22.8. The van der Waals surface area contributed by atoms with Gasteiger partial charge in [0.25, 0.3) is 21.8 Å². The monoisotopic (exact) mass is 453 g/mol. The van der Waals surface area contributed by atoms with Gasteiger partial charge in [-0.2, -0.15) is 0 Å². The van der Waals surface area contributed by atoms with Crippen molar-refractivity contribution in [1.29, 1.82) is 0 Å². The summed E-state index contributed by atoms with van der Waals surface area (Å²) in [6, 6.07) is 19.2. The normalized spacial score (nSPS) is 10.8. The number of rotatable bonds is 8. The molecule has 0 radical (unpaired) electrons.